The van der Waals surface area contributed by atoms with E-state index >= 15 is 0 Å². The SMILES string of the molecule is Cc1cn2c(CNc3c(Cl)cc(Cl)cc3Cl)c(C)nc2s1. The monoisotopic (exact) mass is 359 g/mol. The number of halogens is 3. The van der Waals surface area contributed by atoms with E-state index in [0.29, 0.717) is 27.3 Å². The number of aryl methyl sites for hydroxylation is 2. The van der Waals surface area contributed by atoms with Gasteiger partial charge in [-0.3, -0.25) is 4.40 Å². The maximum absolute atomic E-state index is 6.19. The summed E-state index contributed by atoms with van der Waals surface area (Å²) in [5, 5.41) is 4.81. The Kier molecular flexibility index (Phi) is 4.06. The largest absolute Gasteiger partial charge is 0.377 e. The standard InChI is InChI=1S/C14H12Cl3N3S/c1-7-6-20-12(8(2)19-14(20)21-7)5-18-13-10(16)3-9(15)4-11(13)17/h3-4,6,18H,5H2,1-2H3. The molecule has 3 rings (SSSR count). The Bertz CT molecular complexity index is 799. The van der Waals surface area contributed by atoms with Gasteiger partial charge in [-0.15, -0.1) is 11.3 Å². The first-order valence-electron chi connectivity index (χ1n) is 6.28. The summed E-state index contributed by atoms with van der Waals surface area (Å²) in [6.45, 7) is 4.65. The lowest BCUT2D eigenvalue weighted by Crippen LogP contribution is -2.04. The van der Waals surface area contributed by atoms with Gasteiger partial charge in [0.2, 0.25) is 0 Å². The molecule has 0 aliphatic heterocycles. The fourth-order valence-corrected chi connectivity index (χ4v) is 4.05. The maximum Gasteiger partial charge on any atom is 0.194 e. The van der Waals surface area contributed by atoms with Gasteiger partial charge in [0.25, 0.3) is 0 Å². The van der Waals surface area contributed by atoms with Crippen LogP contribution >= 0.6 is 46.1 Å². The van der Waals surface area contributed by atoms with Crippen LogP contribution in [0.2, 0.25) is 15.1 Å². The lowest BCUT2D eigenvalue weighted by atomic mass is 10.3. The molecule has 0 saturated heterocycles. The number of rotatable bonds is 3. The van der Waals surface area contributed by atoms with E-state index in [0.717, 1.165) is 16.3 Å². The smallest absolute Gasteiger partial charge is 0.194 e. The van der Waals surface area contributed by atoms with Crippen LogP contribution in [-0.2, 0) is 6.54 Å². The molecule has 0 amide bonds. The van der Waals surface area contributed by atoms with E-state index in [2.05, 4.69) is 27.8 Å². The summed E-state index contributed by atoms with van der Waals surface area (Å²) in [7, 11) is 0. The Balaban J connectivity index is 1.92. The van der Waals surface area contributed by atoms with E-state index in [9.17, 15) is 0 Å². The van der Waals surface area contributed by atoms with Crippen LogP contribution in [-0.4, -0.2) is 9.38 Å². The van der Waals surface area contributed by atoms with Gasteiger partial charge in [0, 0.05) is 16.1 Å². The van der Waals surface area contributed by atoms with Crippen molar-refractivity contribution in [3.05, 3.63) is 49.7 Å². The molecule has 3 nitrogen and oxygen atoms in total. The van der Waals surface area contributed by atoms with Crippen LogP contribution in [0.25, 0.3) is 4.96 Å². The molecule has 0 radical (unpaired) electrons. The predicted octanol–water partition coefficient (Wildman–Crippen LogP) is 5.58. The zero-order valence-electron chi connectivity index (χ0n) is 11.4. The molecule has 3 aromatic rings. The van der Waals surface area contributed by atoms with Crippen LogP contribution in [0.1, 0.15) is 16.3 Å². The minimum absolute atomic E-state index is 0.507. The zero-order valence-corrected chi connectivity index (χ0v) is 14.5. The molecule has 2 aromatic heterocycles. The van der Waals surface area contributed by atoms with Crippen molar-refractivity contribution >= 4 is 56.8 Å². The van der Waals surface area contributed by atoms with Crippen molar-refractivity contribution in [3.63, 3.8) is 0 Å². The van der Waals surface area contributed by atoms with Crippen molar-refractivity contribution in [1.82, 2.24) is 9.38 Å². The summed E-state index contributed by atoms with van der Waals surface area (Å²) in [5.41, 5.74) is 2.77. The molecule has 1 N–H and O–H groups in total. The first-order valence-corrected chi connectivity index (χ1v) is 8.23. The maximum atomic E-state index is 6.19. The number of nitrogens with one attached hydrogen (secondary N) is 1. The molecule has 0 saturated carbocycles. The molecule has 0 atom stereocenters. The average molecular weight is 361 g/mol. The summed E-state index contributed by atoms with van der Waals surface area (Å²) in [6, 6.07) is 3.34. The first-order chi connectivity index (χ1) is 9.95. The number of nitrogens with zero attached hydrogens (tertiary/aromatic N) is 2. The molecule has 0 fully saturated rings. The minimum Gasteiger partial charge on any atom is -0.377 e. The van der Waals surface area contributed by atoms with Crippen LogP contribution in [0.15, 0.2) is 18.3 Å². The molecular formula is C14H12Cl3N3S. The second kappa shape index (κ2) is 5.69. The van der Waals surface area contributed by atoms with E-state index in [-0.39, 0.29) is 0 Å². The lowest BCUT2D eigenvalue weighted by Gasteiger charge is -2.11. The fraction of sp³-hybridized carbons (Fsp3) is 0.214. The first kappa shape index (κ1) is 15.0. The summed E-state index contributed by atoms with van der Waals surface area (Å²) < 4.78 is 2.10. The molecule has 7 heteroatoms. The van der Waals surface area contributed by atoms with Crippen molar-refractivity contribution in [2.24, 2.45) is 0 Å². The van der Waals surface area contributed by atoms with Gasteiger partial charge in [-0.1, -0.05) is 34.8 Å². The number of anilines is 1. The van der Waals surface area contributed by atoms with Gasteiger partial charge in [-0.25, -0.2) is 4.98 Å². The Hall–Kier alpha value is -0.940. The summed E-state index contributed by atoms with van der Waals surface area (Å²) in [4.78, 5) is 6.78. The number of hydrogen-bond acceptors (Lipinski definition) is 3. The van der Waals surface area contributed by atoms with Gasteiger partial charge in [-0.05, 0) is 26.0 Å². The van der Waals surface area contributed by atoms with Gasteiger partial charge < -0.3 is 5.32 Å². The van der Waals surface area contributed by atoms with Crippen molar-refractivity contribution in [1.29, 1.82) is 0 Å². The van der Waals surface area contributed by atoms with Crippen molar-refractivity contribution < 1.29 is 0 Å². The third-order valence-electron chi connectivity index (χ3n) is 3.18. The molecule has 0 bridgehead atoms. The van der Waals surface area contributed by atoms with Crippen LogP contribution in [0.4, 0.5) is 5.69 Å². The lowest BCUT2D eigenvalue weighted by molar-refractivity contribution is 0.991. The summed E-state index contributed by atoms with van der Waals surface area (Å²) in [5.74, 6) is 0. The Morgan fingerprint density at radius 2 is 1.86 bits per heavy atom. The number of thiazole rings is 1. The number of imidazole rings is 1. The number of hydrogen-bond donors (Lipinski definition) is 1. The van der Waals surface area contributed by atoms with Gasteiger partial charge >= 0.3 is 0 Å². The fourth-order valence-electron chi connectivity index (χ4n) is 2.21. The van der Waals surface area contributed by atoms with Crippen LogP contribution in [0, 0.1) is 13.8 Å². The number of fused-ring (bicyclic) bond motifs is 1. The Morgan fingerprint density at radius 3 is 2.52 bits per heavy atom. The van der Waals surface area contributed by atoms with Gasteiger partial charge in [0.1, 0.15) is 0 Å². The van der Waals surface area contributed by atoms with Crippen LogP contribution < -0.4 is 5.32 Å². The Labute approximate surface area is 141 Å². The van der Waals surface area contributed by atoms with E-state index < -0.39 is 0 Å². The molecule has 110 valence electrons. The second-order valence-corrected chi connectivity index (χ2v) is 7.20. The summed E-state index contributed by atoms with van der Waals surface area (Å²) in [6.07, 6.45) is 2.09. The molecule has 21 heavy (non-hydrogen) atoms. The average Bonchev–Trinajstić information content (AvgIpc) is 2.84. The van der Waals surface area contributed by atoms with Gasteiger partial charge in [0.15, 0.2) is 4.96 Å². The van der Waals surface area contributed by atoms with Crippen molar-refractivity contribution in [2.75, 3.05) is 5.32 Å². The van der Waals surface area contributed by atoms with E-state index in [1.54, 1.807) is 23.5 Å². The number of benzene rings is 1. The topological polar surface area (TPSA) is 29.3 Å². The highest BCUT2D eigenvalue weighted by atomic mass is 35.5. The normalized spacial score (nSPS) is 11.3. The second-order valence-electron chi connectivity index (χ2n) is 4.74. The van der Waals surface area contributed by atoms with Crippen LogP contribution in [0.5, 0.6) is 0 Å². The van der Waals surface area contributed by atoms with Crippen molar-refractivity contribution in [3.8, 4) is 0 Å². The summed E-state index contributed by atoms with van der Waals surface area (Å²) >= 11 is 20.0. The van der Waals surface area contributed by atoms with E-state index in [4.69, 9.17) is 34.8 Å². The van der Waals surface area contributed by atoms with E-state index in [1.807, 2.05) is 6.92 Å². The minimum atomic E-state index is 0.507. The van der Waals surface area contributed by atoms with Crippen LogP contribution in [0.3, 0.4) is 0 Å². The third-order valence-corrected chi connectivity index (χ3v) is 4.89. The molecule has 0 aliphatic carbocycles. The quantitative estimate of drug-likeness (QED) is 0.660. The molecule has 1 aromatic carbocycles. The molecule has 0 spiro atoms. The predicted molar refractivity (Wildman–Crippen MR) is 91.3 cm³/mol. The molecule has 0 aliphatic rings. The number of aromatic nitrogens is 2. The van der Waals surface area contributed by atoms with Gasteiger partial charge in [0.05, 0.1) is 33.7 Å². The van der Waals surface area contributed by atoms with Crippen molar-refractivity contribution in [2.45, 2.75) is 20.4 Å². The highest BCUT2D eigenvalue weighted by Gasteiger charge is 2.13. The van der Waals surface area contributed by atoms with Gasteiger partial charge in [-0.2, -0.15) is 0 Å². The zero-order chi connectivity index (χ0) is 15.1. The molecular weight excluding hydrogens is 349 g/mol. The van der Waals surface area contributed by atoms with E-state index in [1.165, 1.54) is 4.88 Å². The Morgan fingerprint density at radius 1 is 1.19 bits per heavy atom. The molecule has 2 heterocycles. The third kappa shape index (κ3) is 2.86. The highest BCUT2D eigenvalue weighted by molar-refractivity contribution is 7.17. The highest BCUT2D eigenvalue weighted by Crippen LogP contribution is 2.34. The molecule has 0 unspecified atom stereocenters.